The van der Waals surface area contributed by atoms with E-state index in [1.54, 1.807) is 6.92 Å². The summed E-state index contributed by atoms with van der Waals surface area (Å²) in [6.07, 6.45) is -2.49. The second-order valence-corrected chi connectivity index (χ2v) is 6.06. The molecule has 2 aromatic rings. The van der Waals surface area contributed by atoms with Gasteiger partial charge in [-0.05, 0) is 36.5 Å². The molecule has 6 heteroatoms. The van der Waals surface area contributed by atoms with Crippen LogP contribution < -0.4 is 5.32 Å². The highest BCUT2D eigenvalue weighted by Crippen LogP contribution is 2.47. The predicted octanol–water partition coefficient (Wildman–Crippen LogP) is 4.08. The molecule has 3 nitrogen and oxygen atoms in total. The SMILES string of the molecule is C[C@H](NC(=O)[C@H]1C[C@@H]1c1ccccc1)c1ccc(C(F)(F)F)nc1. The van der Waals surface area contributed by atoms with Crippen LogP contribution in [0.3, 0.4) is 0 Å². The van der Waals surface area contributed by atoms with Gasteiger partial charge in [0.05, 0.1) is 6.04 Å². The summed E-state index contributed by atoms with van der Waals surface area (Å²) in [4.78, 5) is 15.7. The van der Waals surface area contributed by atoms with E-state index in [-0.39, 0.29) is 23.8 Å². The van der Waals surface area contributed by atoms with Crippen LogP contribution in [-0.2, 0) is 11.0 Å². The lowest BCUT2D eigenvalue weighted by Gasteiger charge is -2.15. The van der Waals surface area contributed by atoms with Crippen LogP contribution in [-0.4, -0.2) is 10.9 Å². The topological polar surface area (TPSA) is 42.0 Å². The summed E-state index contributed by atoms with van der Waals surface area (Å²) < 4.78 is 37.6. The van der Waals surface area contributed by atoms with Gasteiger partial charge < -0.3 is 5.32 Å². The largest absolute Gasteiger partial charge is 0.433 e. The molecular formula is C18H17F3N2O. The van der Waals surface area contributed by atoms with Crippen molar-refractivity contribution in [3.63, 3.8) is 0 Å². The third-order valence-electron chi connectivity index (χ3n) is 4.29. The number of hydrogen-bond acceptors (Lipinski definition) is 2. The molecule has 24 heavy (non-hydrogen) atoms. The Balaban J connectivity index is 1.59. The van der Waals surface area contributed by atoms with Crippen LogP contribution in [0.2, 0.25) is 0 Å². The monoisotopic (exact) mass is 334 g/mol. The number of halogens is 3. The first-order valence-electron chi connectivity index (χ1n) is 7.74. The second kappa shape index (κ2) is 6.26. The highest BCUT2D eigenvalue weighted by atomic mass is 19.4. The van der Waals surface area contributed by atoms with Gasteiger partial charge in [-0.15, -0.1) is 0 Å². The Hall–Kier alpha value is -2.37. The Morgan fingerprint density at radius 1 is 1.21 bits per heavy atom. The smallest absolute Gasteiger partial charge is 0.349 e. The Bertz CT molecular complexity index is 713. The molecule has 3 rings (SSSR count). The van der Waals surface area contributed by atoms with E-state index >= 15 is 0 Å². The number of alkyl halides is 3. The third kappa shape index (κ3) is 3.58. The number of nitrogens with one attached hydrogen (secondary N) is 1. The van der Waals surface area contributed by atoms with Gasteiger partial charge in [0.15, 0.2) is 0 Å². The van der Waals surface area contributed by atoms with Crippen molar-refractivity contribution in [3.8, 4) is 0 Å². The van der Waals surface area contributed by atoms with Gasteiger partial charge in [0, 0.05) is 12.1 Å². The van der Waals surface area contributed by atoms with Crippen molar-refractivity contribution in [1.82, 2.24) is 10.3 Å². The third-order valence-corrected chi connectivity index (χ3v) is 4.29. The number of rotatable bonds is 4. The molecule has 0 bridgehead atoms. The molecule has 1 aliphatic rings. The van der Waals surface area contributed by atoms with Gasteiger partial charge in [-0.3, -0.25) is 9.78 Å². The average molecular weight is 334 g/mol. The summed E-state index contributed by atoms with van der Waals surface area (Å²) in [5.74, 6) is 0.0811. The molecule has 1 heterocycles. The summed E-state index contributed by atoms with van der Waals surface area (Å²) >= 11 is 0. The maximum atomic E-state index is 12.5. The molecule has 1 aliphatic carbocycles. The summed E-state index contributed by atoms with van der Waals surface area (Å²) in [7, 11) is 0. The number of nitrogens with zero attached hydrogens (tertiary/aromatic N) is 1. The van der Waals surface area contributed by atoms with Crippen molar-refractivity contribution in [1.29, 1.82) is 0 Å². The van der Waals surface area contributed by atoms with E-state index in [9.17, 15) is 18.0 Å². The maximum Gasteiger partial charge on any atom is 0.433 e. The highest BCUT2D eigenvalue weighted by molar-refractivity contribution is 5.83. The Morgan fingerprint density at radius 3 is 2.50 bits per heavy atom. The van der Waals surface area contributed by atoms with E-state index in [1.807, 2.05) is 30.3 Å². The van der Waals surface area contributed by atoms with Crippen LogP contribution in [0.4, 0.5) is 13.2 Å². The van der Waals surface area contributed by atoms with Crippen molar-refractivity contribution in [2.24, 2.45) is 5.92 Å². The van der Waals surface area contributed by atoms with Crippen molar-refractivity contribution in [2.45, 2.75) is 31.5 Å². The van der Waals surface area contributed by atoms with Gasteiger partial charge >= 0.3 is 6.18 Å². The van der Waals surface area contributed by atoms with Crippen molar-refractivity contribution < 1.29 is 18.0 Å². The van der Waals surface area contributed by atoms with E-state index < -0.39 is 11.9 Å². The summed E-state index contributed by atoms with van der Waals surface area (Å²) in [5.41, 5.74) is 0.755. The van der Waals surface area contributed by atoms with Gasteiger partial charge in [-0.2, -0.15) is 13.2 Å². The molecular weight excluding hydrogens is 317 g/mol. The van der Waals surface area contributed by atoms with E-state index in [0.29, 0.717) is 5.56 Å². The predicted molar refractivity (Wildman–Crippen MR) is 83.1 cm³/mol. The molecule has 1 aromatic carbocycles. The number of pyridine rings is 1. The zero-order valence-electron chi connectivity index (χ0n) is 13.0. The van der Waals surface area contributed by atoms with E-state index in [0.717, 1.165) is 24.2 Å². The number of hydrogen-bond donors (Lipinski definition) is 1. The van der Waals surface area contributed by atoms with Crippen molar-refractivity contribution in [3.05, 3.63) is 65.5 Å². The van der Waals surface area contributed by atoms with Crippen LogP contribution in [0.1, 0.15) is 42.1 Å². The Kier molecular flexibility index (Phi) is 4.30. The molecule has 0 spiro atoms. The highest BCUT2D eigenvalue weighted by Gasteiger charge is 2.44. The van der Waals surface area contributed by atoms with Crippen LogP contribution >= 0.6 is 0 Å². The molecule has 3 atom stereocenters. The first kappa shape index (κ1) is 16.5. The van der Waals surface area contributed by atoms with Crippen LogP contribution in [0.5, 0.6) is 0 Å². The first-order valence-corrected chi connectivity index (χ1v) is 7.74. The van der Waals surface area contributed by atoms with Crippen molar-refractivity contribution in [2.75, 3.05) is 0 Å². The number of carbonyl (C=O) groups excluding carboxylic acids is 1. The summed E-state index contributed by atoms with van der Waals surface area (Å²) in [6.45, 7) is 1.74. The Labute approximate surface area is 137 Å². The second-order valence-electron chi connectivity index (χ2n) is 6.06. The number of aromatic nitrogens is 1. The number of carbonyl (C=O) groups is 1. The number of amides is 1. The molecule has 1 fully saturated rings. The van der Waals surface area contributed by atoms with Gasteiger partial charge in [-0.1, -0.05) is 36.4 Å². The van der Waals surface area contributed by atoms with E-state index in [1.165, 1.54) is 6.07 Å². The molecule has 0 unspecified atom stereocenters. The normalized spacial score (nSPS) is 21.2. The minimum absolute atomic E-state index is 0.0720. The fourth-order valence-corrected chi connectivity index (χ4v) is 2.79. The fraction of sp³-hybridized carbons (Fsp3) is 0.333. The minimum Gasteiger partial charge on any atom is -0.349 e. The maximum absolute atomic E-state index is 12.5. The summed E-state index contributed by atoms with van der Waals surface area (Å²) in [5, 5.41) is 2.86. The van der Waals surface area contributed by atoms with E-state index in [4.69, 9.17) is 0 Å². The quantitative estimate of drug-likeness (QED) is 0.915. The molecule has 126 valence electrons. The zero-order chi connectivity index (χ0) is 17.3. The van der Waals surface area contributed by atoms with Gasteiger partial charge in [0.2, 0.25) is 5.91 Å². The molecule has 0 aliphatic heterocycles. The van der Waals surface area contributed by atoms with Gasteiger partial charge in [-0.25, -0.2) is 0 Å². The lowest BCUT2D eigenvalue weighted by molar-refractivity contribution is -0.141. The average Bonchev–Trinajstić information content (AvgIpc) is 3.36. The van der Waals surface area contributed by atoms with Gasteiger partial charge in [0.1, 0.15) is 5.69 Å². The lowest BCUT2D eigenvalue weighted by atomic mass is 10.1. The first-order chi connectivity index (χ1) is 11.4. The summed E-state index contributed by atoms with van der Waals surface area (Å²) in [6, 6.07) is 11.7. The molecule has 1 amide bonds. The Morgan fingerprint density at radius 2 is 1.92 bits per heavy atom. The van der Waals surface area contributed by atoms with Gasteiger partial charge in [0.25, 0.3) is 0 Å². The molecule has 0 radical (unpaired) electrons. The van der Waals surface area contributed by atoms with Crippen LogP contribution in [0, 0.1) is 5.92 Å². The fourth-order valence-electron chi connectivity index (χ4n) is 2.79. The number of benzene rings is 1. The van der Waals surface area contributed by atoms with Crippen molar-refractivity contribution >= 4 is 5.91 Å². The molecule has 1 N–H and O–H groups in total. The standard InChI is InChI=1S/C18H17F3N2O/c1-11(13-7-8-16(22-10-13)18(19,20)21)23-17(24)15-9-14(15)12-5-3-2-4-6-12/h2-8,10-11,14-15H,9H2,1H3,(H,23,24)/t11-,14+,15-/m0/s1. The zero-order valence-corrected chi connectivity index (χ0v) is 13.0. The molecule has 1 aromatic heterocycles. The minimum atomic E-state index is -4.46. The van der Waals surface area contributed by atoms with Crippen LogP contribution in [0.15, 0.2) is 48.7 Å². The molecule has 1 saturated carbocycles. The van der Waals surface area contributed by atoms with Crippen LogP contribution in [0.25, 0.3) is 0 Å². The van der Waals surface area contributed by atoms with E-state index in [2.05, 4.69) is 10.3 Å². The lowest BCUT2D eigenvalue weighted by Crippen LogP contribution is -2.28. The molecule has 0 saturated heterocycles.